The van der Waals surface area contributed by atoms with Gasteiger partial charge < -0.3 is 11.1 Å². The van der Waals surface area contributed by atoms with Crippen LogP contribution >= 0.6 is 15.9 Å². The van der Waals surface area contributed by atoms with Crippen LogP contribution < -0.4 is 11.1 Å². The van der Waals surface area contributed by atoms with E-state index in [1.54, 1.807) is 6.20 Å². The maximum atomic E-state index is 5.61. The molecular weight excluding hydrogens is 254 g/mol. The Morgan fingerprint density at radius 1 is 1.60 bits per heavy atom. The minimum Gasteiger partial charge on any atom is -0.364 e. The molecule has 0 aliphatic heterocycles. The molecule has 1 unspecified atom stereocenters. The summed E-state index contributed by atoms with van der Waals surface area (Å²) >= 11 is 3.47. The summed E-state index contributed by atoms with van der Waals surface area (Å²) in [6.07, 6.45) is 3.74. The number of rotatable bonds is 5. The summed E-state index contributed by atoms with van der Waals surface area (Å²) in [6, 6.07) is 3.88. The van der Waals surface area contributed by atoms with Crippen LogP contribution in [0.15, 0.2) is 22.8 Å². The van der Waals surface area contributed by atoms with Crippen molar-refractivity contribution in [3.63, 3.8) is 0 Å². The molecule has 0 aliphatic carbocycles. The molecule has 3 N–H and O–H groups in total. The molecule has 15 heavy (non-hydrogen) atoms. The highest BCUT2D eigenvalue weighted by Gasteiger charge is 2.21. The van der Waals surface area contributed by atoms with Gasteiger partial charge >= 0.3 is 0 Å². The molecular formula is C11H18BrN3. The molecule has 0 aliphatic rings. The third-order valence-corrected chi connectivity index (χ3v) is 3.30. The number of aromatic nitrogens is 1. The standard InChI is InChI=1S/C11H18BrN3/c1-3-11(2,6-7-13)15-10-9(12)5-4-8-14-10/h4-5,8H,3,6-7,13H2,1-2H3,(H,14,15). The molecule has 3 nitrogen and oxygen atoms in total. The molecule has 1 aromatic rings. The lowest BCUT2D eigenvalue weighted by molar-refractivity contribution is 0.461. The van der Waals surface area contributed by atoms with Gasteiger partial charge in [0, 0.05) is 11.7 Å². The number of halogens is 1. The topological polar surface area (TPSA) is 50.9 Å². The second-order valence-electron chi connectivity index (χ2n) is 3.91. The normalized spacial score (nSPS) is 14.7. The van der Waals surface area contributed by atoms with Crippen LogP contribution in [0.2, 0.25) is 0 Å². The van der Waals surface area contributed by atoms with Gasteiger partial charge in [0.15, 0.2) is 0 Å². The van der Waals surface area contributed by atoms with Crippen molar-refractivity contribution in [1.29, 1.82) is 0 Å². The predicted octanol–water partition coefficient (Wildman–Crippen LogP) is 2.77. The zero-order valence-electron chi connectivity index (χ0n) is 9.26. The van der Waals surface area contributed by atoms with Crippen molar-refractivity contribution in [3.05, 3.63) is 22.8 Å². The van der Waals surface area contributed by atoms with Gasteiger partial charge in [-0.05, 0) is 54.4 Å². The first-order valence-electron chi connectivity index (χ1n) is 5.20. The first-order chi connectivity index (χ1) is 7.11. The van der Waals surface area contributed by atoms with Crippen LogP contribution in [0.3, 0.4) is 0 Å². The Morgan fingerprint density at radius 3 is 2.87 bits per heavy atom. The van der Waals surface area contributed by atoms with Gasteiger partial charge in [0.1, 0.15) is 5.82 Å². The second kappa shape index (κ2) is 5.47. The fourth-order valence-corrected chi connectivity index (χ4v) is 1.76. The molecule has 1 atom stereocenters. The lowest BCUT2D eigenvalue weighted by Crippen LogP contribution is -2.36. The highest BCUT2D eigenvalue weighted by atomic mass is 79.9. The number of hydrogen-bond acceptors (Lipinski definition) is 3. The summed E-state index contributed by atoms with van der Waals surface area (Å²) in [5, 5.41) is 3.44. The number of nitrogens with zero attached hydrogens (tertiary/aromatic N) is 1. The molecule has 0 saturated carbocycles. The molecule has 0 amide bonds. The van der Waals surface area contributed by atoms with E-state index in [2.05, 4.69) is 40.1 Å². The van der Waals surface area contributed by atoms with Crippen molar-refractivity contribution in [2.24, 2.45) is 5.73 Å². The molecule has 0 spiro atoms. The third kappa shape index (κ3) is 3.47. The Hall–Kier alpha value is -0.610. The maximum Gasteiger partial charge on any atom is 0.140 e. The molecule has 84 valence electrons. The lowest BCUT2D eigenvalue weighted by Gasteiger charge is -2.30. The Morgan fingerprint density at radius 2 is 2.33 bits per heavy atom. The lowest BCUT2D eigenvalue weighted by atomic mass is 9.94. The average molecular weight is 272 g/mol. The van der Waals surface area contributed by atoms with Gasteiger partial charge in [-0.25, -0.2) is 4.98 Å². The highest BCUT2D eigenvalue weighted by molar-refractivity contribution is 9.10. The summed E-state index contributed by atoms with van der Waals surface area (Å²) in [7, 11) is 0. The number of anilines is 1. The summed E-state index contributed by atoms with van der Waals surface area (Å²) in [5.74, 6) is 0.885. The molecule has 1 heterocycles. The van der Waals surface area contributed by atoms with E-state index in [0.717, 1.165) is 23.1 Å². The van der Waals surface area contributed by atoms with Gasteiger partial charge in [-0.15, -0.1) is 0 Å². The van der Waals surface area contributed by atoms with Crippen LogP contribution in [0.25, 0.3) is 0 Å². The molecule has 1 rings (SSSR count). The predicted molar refractivity (Wildman–Crippen MR) is 67.9 cm³/mol. The number of nitrogens with two attached hydrogens (primary N) is 1. The van der Waals surface area contributed by atoms with Crippen LogP contribution in [0.1, 0.15) is 26.7 Å². The minimum atomic E-state index is 0.0195. The Kier molecular flexibility index (Phi) is 4.54. The highest BCUT2D eigenvalue weighted by Crippen LogP contribution is 2.25. The quantitative estimate of drug-likeness (QED) is 0.866. The van der Waals surface area contributed by atoms with E-state index in [1.165, 1.54) is 0 Å². The van der Waals surface area contributed by atoms with Crippen LogP contribution in [-0.4, -0.2) is 17.1 Å². The van der Waals surface area contributed by atoms with Crippen molar-refractivity contribution < 1.29 is 0 Å². The maximum absolute atomic E-state index is 5.61. The zero-order chi connectivity index (χ0) is 11.3. The van der Waals surface area contributed by atoms with Crippen molar-refractivity contribution >= 4 is 21.7 Å². The molecule has 0 radical (unpaired) electrons. The minimum absolute atomic E-state index is 0.0195. The van der Waals surface area contributed by atoms with E-state index in [-0.39, 0.29) is 5.54 Å². The average Bonchev–Trinajstić information content (AvgIpc) is 2.22. The number of hydrogen-bond donors (Lipinski definition) is 2. The van der Waals surface area contributed by atoms with Gasteiger partial charge in [0.2, 0.25) is 0 Å². The SMILES string of the molecule is CCC(C)(CCN)Nc1ncccc1Br. The molecule has 0 aromatic carbocycles. The fraction of sp³-hybridized carbons (Fsp3) is 0.545. The Balaban J connectivity index is 2.79. The smallest absolute Gasteiger partial charge is 0.140 e. The van der Waals surface area contributed by atoms with Crippen molar-refractivity contribution in [2.45, 2.75) is 32.2 Å². The van der Waals surface area contributed by atoms with Crippen LogP contribution in [0, 0.1) is 0 Å². The summed E-state index contributed by atoms with van der Waals surface area (Å²) in [6.45, 7) is 5.00. The van der Waals surface area contributed by atoms with E-state index >= 15 is 0 Å². The largest absolute Gasteiger partial charge is 0.364 e. The summed E-state index contributed by atoms with van der Waals surface area (Å²) in [5.41, 5.74) is 5.63. The summed E-state index contributed by atoms with van der Waals surface area (Å²) < 4.78 is 0.988. The number of nitrogens with one attached hydrogen (secondary N) is 1. The first-order valence-corrected chi connectivity index (χ1v) is 5.99. The van der Waals surface area contributed by atoms with Crippen molar-refractivity contribution in [1.82, 2.24) is 4.98 Å². The zero-order valence-corrected chi connectivity index (χ0v) is 10.8. The van der Waals surface area contributed by atoms with E-state index in [1.807, 2.05) is 12.1 Å². The monoisotopic (exact) mass is 271 g/mol. The van der Waals surface area contributed by atoms with Crippen molar-refractivity contribution in [3.8, 4) is 0 Å². The van der Waals surface area contributed by atoms with E-state index in [4.69, 9.17) is 5.73 Å². The van der Waals surface area contributed by atoms with E-state index < -0.39 is 0 Å². The van der Waals surface area contributed by atoms with Gasteiger partial charge in [-0.1, -0.05) is 6.92 Å². The van der Waals surface area contributed by atoms with Crippen molar-refractivity contribution in [2.75, 3.05) is 11.9 Å². The van der Waals surface area contributed by atoms with Gasteiger partial charge in [0.05, 0.1) is 4.47 Å². The van der Waals surface area contributed by atoms with E-state index in [0.29, 0.717) is 6.54 Å². The molecule has 0 saturated heterocycles. The third-order valence-electron chi connectivity index (χ3n) is 2.66. The first kappa shape index (κ1) is 12.5. The van der Waals surface area contributed by atoms with Crippen LogP contribution in [0.5, 0.6) is 0 Å². The van der Waals surface area contributed by atoms with Crippen LogP contribution in [0.4, 0.5) is 5.82 Å². The molecule has 0 fully saturated rings. The second-order valence-corrected chi connectivity index (χ2v) is 4.77. The molecule has 4 heteroatoms. The number of pyridine rings is 1. The van der Waals surface area contributed by atoms with Gasteiger partial charge in [-0.3, -0.25) is 0 Å². The Bertz CT molecular complexity index is 316. The Labute approximate surface area is 99.6 Å². The molecule has 0 bridgehead atoms. The molecule has 1 aromatic heterocycles. The van der Waals surface area contributed by atoms with E-state index in [9.17, 15) is 0 Å². The fourth-order valence-electron chi connectivity index (χ4n) is 1.41. The van der Waals surface area contributed by atoms with Gasteiger partial charge in [0.25, 0.3) is 0 Å². The summed E-state index contributed by atoms with van der Waals surface area (Å²) in [4.78, 5) is 4.29. The van der Waals surface area contributed by atoms with Crippen LogP contribution in [-0.2, 0) is 0 Å². The van der Waals surface area contributed by atoms with Gasteiger partial charge in [-0.2, -0.15) is 0 Å².